The first-order chi connectivity index (χ1) is 8.65. The quantitative estimate of drug-likeness (QED) is 0.871. The van der Waals surface area contributed by atoms with Crippen molar-refractivity contribution in [2.24, 2.45) is 0 Å². The van der Waals surface area contributed by atoms with E-state index in [1.807, 2.05) is 6.92 Å². The van der Waals surface area contributed by atoms with Crippen molar-refractivity contribution in [1.82, 2.24) is 4.90 Å². The maximum atomic E-state index is 12.5. The third kappa shape index (κ3) is 2.34. The molecular formula is C14H19NO3. The highest BCUT2D eigenvalue weighted by Crippen LogP contribution is 2.24. The molecule has 1 amide bonds. The van der Waals surface area contributed by atoms with Gasteiger partial charge in [0.2, 0.25) is 0 Å². The van der Waals surface area contributed by atoms with Crippen molar-refractivity contribution in [3.8, 4) is 5.75 Å². The van der Waals surface area contributed by atoms with Crippen molar-refractivity contribution in [3.63, 3.8) is 0 Å². The van der Waals surface area contributed by atoms with Gasteiger partial charge in [-0.15, -0.1) is 0 Å². The zero-order valence-electron chi connectivity index (χ0n) is 10.8. The Bertz CT molecular complexity index is 445. The topological polar surface area (TPSA) is 49.8 Å². The number of rotatable bonds is 2. The van der Waals surface area contributed by atoms with Crippen LogP contribution in [0.5, 0.6) is 5.75 Å². The largest absolute Gasteiger partial charge is 0.507 e. The van der Waals surface area contributed by atoms with Crippen LogP contribution in [0.2, 0.25) is 0 Å². The normalized spacial score (nSPS) is 19.9. The van der Waals surface area contributed by atoms with Crippen LogP contribution in [0.3, 0.4) is 0 Å². The van der Waals surface area contributed by atoms with Crippen molar-refractivity contribution >= 4 is 5.91 Å². The number of morpholine rings is 1. The summed E-state index contributed by atoms with van der Waals surface area (Å²) in [5, 5.41) is 9.98. The molecule has 1 unspecified atom stereocenters. The first-order valence-electron chi connectivity index (χ1n) is 6.32. The van der Waals surface area contributed by atoms with Crippen LogP contribution in [-0.4, -0.2) is 41.7 Å². The summed E-state index contributed by atoms with van der Waals surface area (Å²) >= 11 is 0. The third-order valence-electron chi connectivity index (χ3n) is 3.43. The minimum atomic E-state index is -0.105. The fourth-order valence-corrected chi connectivity index (χ4v) is 2.25. The lowest BCUT2D eigenvalue weighted by Gasteiger charge is -2.35. The lowest BCUT2D eigenvalue weighted by molar-refractivity contribution is -0.00294. The van der Waals surface area contributed by atoms with Crippen LogP contribution in [0.4, 0.5) is 0 Å². The number of para-hydroxylation sites is 1. The van der Waals surface area contributed by atoms with Gasteiger partial charge in [0.05, 0.1) is 24.8 Å². The average Bonchev–Trinajstić information content (AvgIpc) is 2.41. The number of benzene rings is 1. The second-order valence-corrected chi connectivity index (χ2v) is 4.61. The lowest BCUT2D eigenvalue weighted by Crippen LogP contribution is -2.48. The minimum Gasteiger partial charge on any atom is -0.507 e. The molecule has 1 saturated heterocycles. The molecule has 0 saturated carbocycles. The fourth-order valence-electron chi connectivity index (χ4n) is 2.25. The summed E-state index contributed by atoms with van der Waals surface area (Å²) < 4.78 is 5.39. The molecule has 0 aliphatic carbocycles. The molecule has 0 radical (unpaired) electrons. The van der Waals surface area contributed by atoms with E-state index in [1.54, 1.807) is 30.0 Å². The average molecular weight is 249 g/mol. The number of amides is 1. The van der Waals surface area contributed by atoms with Gasteiger partial charge in [-0.25, -0.2) is 0 Å². The Morgan fingerprint density at radius 2 is 2.33 bits per heavy atom. The molecule has 1 heterocycles. The van der Waals surface area contributed by atoms with Crippen LogP contribution in [0.1, 0.15) is 29.3 Å². The molecule has 98 valence electrons. The first-order valence-corrected chi connectivity index (χ1v) is 6.32. The van der Waals surface area contributed by atoms with E-state index < -0.39 is 0 Å². The number of carbonyl (C=O) groups is 1. The number of hydrogen-bond donors (Lipinski definition) is 1. The van der Waals surface area contributed by atoms with Gasteiger partial charge < -0.3 is 14.7 Å². The van der Waals surface area contributed by atoms with Gasteiger partial charge in [0.1, 0.15) is 5.75 Å². The number of aromatic hydroxyl groups is 1. The number of hydrogen-bond acceptors (Lipinski definition) is 3. The van der Waals surface area contributed by atoms with Gasteiger partial charge in [0.25, 0.3) is 5.91 Å². The SMILES string of the molecule is CCC1COCCN1C(=O)c1cccc(C)c1O. The van der Waals surface area contributed by atoms with Gasteiger partial charge in [-0.2, -0.15) is 0 Å². The predicted molar refractivity (Wildman–Crippen MR) is 68.8 cm³/mol. The van der Waals surface area contributed by atoms with Crippen molar-refractivity contribution in [2.45, 2.75) is 26.3 Å². The van der Waals surface area contributed by atoms with Crippen LogP contribution >= 0.6 is 0 Å². The summed E-state index contributed by atoms with van der Waals surface area (Å²) in [6, 6.07) is 5.37. The second kappa shape index (κ2) is 5.40. The van der Waals surface area contributed by atoms with Crippen LogP contribution in [0.15, 0.2) is 18.2 Å². The number of phenols is 1. The van der Waals surface area contributed by atoms with E-state index >= 15 is 0 Å². The van der Waals surface area contributed by atoms with Crippen molar-refractivity contribution in [2.75, 3.05) is 19.8 Å². The van der Waals surface area contributed by atoms with Crippen LogP contribution in [0.25, 0.3) is 0 Å². The van der Waals surface area contributed by atoms with Gasteiger partial charge in [0.15, 0.2) is 0 Å². The number of aryl methyl sites for hydroxylation is 1. The van der Waals surface area contributed by atoms with Crippen molar-refractivity contribution in [1.29, 1.82) is 0 Å². The molecule has 1 aromatic rings. The molecule has 4 nitrogen and oxygen atoms in total. The molecule has 2 rings (SSSR count). The summed E-state index contributed by atoms with van der Waals surface area (Å²) in [4.78, 5) is 14.3. The van der Waals surface area contributed by atoms with E-state index in [9.17, 15) is 9.90 Å². The standard InChI is InChI=1S/C14H19NO3/c1-3-11-9-18-8-7-15(11)14(17)12-6-4-5-10(2)13(12)16/h4-6,11,16H,3,7-9H2,1-2H3. The molecule has 1 N–H and O–H groups in total. The first kappa shape index (κ1) is 12.9. The highest BCUT2D eigenvalue weighted by Gasteiger charge is 2.28. The Morgan fingerprint density at radius 1 is 1.56 bits per heavy atom. The van der Waals surface area contributed by atoms with E-state index in [1.165, 1.54) is 0 Å². The minimum absolute atomic E-state index is 0.0869. The van der Waals surface area contributed by atoms with Crippen LogP contribution in [-0.2, 0) is 4.74 Å². The van der Waals surface area contributed by atoms with Crippen LogP contribution < -0.4 is 0 Å². The summed E-state index contributed by atoms with van der Waals surface area (Å²) in [5.74, 6) is -0.0183. The number of phenolic OH excluding ortho intramolecular Hbond substituents is 1. The third-order valence-corrected chi connectivity index (χ3v) is 3.43. The van der Waals surface area contributed by atoms with Crippen LogP contribution in [0, 0.1) is 6.92 Å². The maximum Gasteiger partial charge on any atom is 0.258 e. The number of ether oxygens (including phenoxy) is 1. The van der Waals surface area contributed by atoms with Gasteiger partial charge in [-0.05, 0) is 25.0 Å². The van der Waals surface area contributed by atoms with E-state index in [2.05, 4.69) is 0 Å². The van der Waals surface area contributed by atoms with E-state index in [-0.39, 0.29) is 17.7 Å². The smallest absolute Gasteiger partial charge is 0.258 e. The molecule has 0 aromatic heterocycles. The van der Waals surface area contributed by atoms with Gasteiger partial charge >= 0.3 is 0 Å². The van der Waals surface area contributed by atoms with Gasteiger partial charge in [-0.1, -0.05) is 19.1 Å². The molecule has 1 fully saturated rings. The molecule has 4 heteroatoms. The number of nitrogens with zero attached hydrogens (tertiary/aromatic N) is 1. The molecule has 18 heavy (non-hydrogen) atoms. The maximum absolute atomic E-state index is 12.5. The Labute approximate surface area is 107 Å². The zero-order chi connectivity index (χ0) is 13.1. The highest BCUT2D eigenvalue weighted by molar-refractivity contribution is 5.97. The molecule has 1 aliphatic rings. The Morgan fingerprint density at radius 3 is 3.06 bits per heavy atom. The number of carbonyl (C=O) groups excluding carboxylic acids is 1. The monoisotopic (exact) mass is 249 g/mol. The lowest BCUT2D eigenvalue weighted by atomic mass is 10.1. The summed E-state index contributed by atoms with van der Waals surface area (Å²) in [6.45, 7) is 5.56. The molecule has 1 atom stereocenters. The summed E-state index contributed by atoms with van der Waals surface area (Å²) in [6.07, 6.45) is 0.859. The fraction of sp³-hybridized carbons (Fsp3) is 0.500. The Balaban J connectivity index is 2.27. The molecule has 1 aromatic carbocycles. The molecule has 0 spiro atoms. The van der Waals surface area contributed by atoms with Gasteiger partial charge in [0, 0.05) is 6.54 Å². The Kier molecular flexibility index (Phi) is 3.87. The summed E-state index contributed by atoms with van der Waals surface area (Å²) in [5.41, 5.74) is 1.11. The molecular weight excluding hydrogens is 230 g/mol. The predicted octanol–water partition coefficient (Wildman–Crippen LogP) is 1.95. The van der Waals surface area contributed by atoms with Crippen molar-refractivity contribution < 1.29 is 14.6 Å². The van der Waals surface area contributed by atoms with E-state index in [4.69, 9.17) is 4.74 Å². The molecule has 0 bridgehead atoms. The van der Waals surface area contributed by atoms with E-state index in [0.717, 1.165) is 12.0 Å². The highest BCUT2D eigenvalue weighted by atomic mass is 16.5. The second-order valence-electron chi connectivity index (χ2n) is 4.61. The summed E-state index contributed by atoms with van der Waals surface area (Å²) in [7, 11) is 0. The van der Waals surface area contributed by atoms with Crippen molar-refractivity contribution in [3.05, 3.63) is 29.3 Å². The van der Waals surface area contributed by atoms with Gasteiger partial charge in [-0.3, -0.25) is 4.79 Å². The van der Waals surface area contributed by atoms with E-state index in [0.29, 0.717) is 25.3 Å². The zero-order valence-corrected chi connectivity index (χ0v) is 10.8. The Hall–Kier alpha value is -1.55. The molecule has 1 aliphatic heterocycles.